The Balaban J connectivity index is 1.45. The van der Waals surface area contributed by atoms with Crippen molar-refractivity contribution in [3.05, 3.63) is 66.6 Å². The lowest BCUT2D eigenvalue weighted by atomic mass is 10.2. The third-order valence-electron chi connectivity index (χ3n) is 3.82. The lowest BCUT2D eigenvalue weighted by Crippen LogP contribution is -2.40. The van der Waals surface area contributed by atoms with Gasteiger partial charge in [-0.1, -0.05) is 18.2 Å². The molecule has 0 saturated carbocycles. The number of hydrogen-bond donors (Lipinski definition) is 1. The van der Waals surface area contributed by atoms with Crippen molar-refractivity contribution >= 4 is 11.7 Å². The molecule has 0 saturated heterocycles. The molecule has 1 unspecified atom stereocenters. The molecule has 0 aliphatic carbocycles. The average molecular weight is 336 g/mol. The van der Waals surface area contributed by atoms with Gasteiger partial charge in [-0.3, -0.25) is 9.78 Å². The van der Waals surface area contributed by atoms with Crippen LogP contribution >= 0.6 is 0 Å². The molecule has 2 aromatic heterocycles. The molecule has 126 valence electrons. The highest BCUT2D eigenvalue weighted by molar-refractivity contribution is 5.94. The van der Waals surface area contributed by atoms with Gasteiger partial charge in [-0.25, -0.2) is 4.68 Å². The number of pyridine rings is 1. The van der Waals surface area contributed by atoms with Gasteiger partial charge in [-0.05, 0) is 23.8 Å². The number of carbonyl (C=O) groups is 1. The molecule has 0 bridgehead atoms. The van der Waals surface area contributed by atoms with Crippen LogP contribution < -0.4 is 14.8 Å². The van der Waals surface area contributed by atoms with Crippen molar-refractivity contribution in [2.75, 3.05) is 11.9 Å². The van der Waals surface area contributed by atoms with Gasteiger partial charge in [-0.2, -0.15) is 5.10 Å². The molecule has 1 aliphatic rings. The quantitative estimate of drug-likeness (QED) is 0.789. The number of amides is 1. The normalized spacial score (nSPS) is 15.6. The monoisotopic (exact) mass is 336 g/mol. The largest absolute Gasteiger partial charge is 0.485 e. The van der Waals surface area contributed by atoms with Crippen LogP contribution in [0.4, 0.5) is 5.82 Å². The number of carbonyl (C=O) groups excluding carboxylic acids is 1. The molecule has 7 nitrogen and oxygen atoms in total. The molecule has 1 aliphatic heterocycles. The third kappa shape index (κ3) is 3.30. The SMILES string of the molecule is O=C(Nc1ccnn1Cc1cccnc1)C1COc2ccccc2O1. The van der Waals surface area contributed by atoms with Gasteiger partial charge in [0.1, 0.15) is 12.4 Å². The number of rotatable bonds is 4. The number of anilines is 1. The Morgan fingerprint density at radius 2 is 2.04 bits per heavy atom. The summed E-state index contributed by atoms with van der Waals surface area (Å²) in [6.07, 6.45) is 4.41. The van der Waals surface area contributed by atoms with E-state index in [1.165, 1.54) is 0 Å². The maximum atomic E-state index is 12.5. The Morgan fingerprint density at radius 3 is 2.88 bits per heavy atom. The fourth-order valence-electron chi connectivity index (χ4n) is 2.58. The molecule has 3 heterocycles. The summed E-state index contributed by atoms with van der Waals surface area (Å²) in [7, 11) is 0. The predicted molar refractivity (Wildman–Crippen MR) is 90.5 cm³/mol. The molecule has 0 radical (unpaired) electrons. The first-order valence-electron chi connectivity index (χ1n) is 7.90. The van der Waals surface area contributed by atoms with E-state index in [0.29, 0.717) is 23.9 Å². The summed E-state index contributed by atoms with van der Waals surface area (Å²) in [4.78, 5) is 16.6. The van der Waals surface area contributed by atoms with Gasteiger partial charge >= 0.3 is 0 Å². The molecule has 4 rings (SSSR count). The number of nitrogens with one attached hydrogen (secondary N) is 1. The average Bonchev–Trinajstić information content (AvgIpc) is 3.08. The van der Waals surface area contributed by atoms with E-state index < -0.39 is 6.10 Å². The second-order valence-corrected chi connectivity index (χ2v) is 5.59. The molecular weight excluding hydrogens is 320 g/mol. The van der Waals surface area contributed by atoms with E-state index in [9.17, 15) is 4.79 Å². The fraction of sp³-hybridized carbons (Fsp3) is 0.167. The Morgan fingerprint density at radius 1 is 1.16 bits per heavy atom. The Bertz CT molecular complexity index is 879. The van der Waals surface area contributed by atoms with Gasteiger partial charge in [0.2, 0.25) is 6.10 Å². The van der Waals surface area contributed by atoms with Crippen molar-refractivity contribution in [3.63, 3.8) is 0 Å². The third-order valence-corrected chi connectivity index (χ3v) is 3.82. The summed E-state index contributed by atoms with van der Waals surface area (Å²) < 4.78 is 13.0. The van der Waals surface area contributed by atoms with Crippen LogP contribution in [-0.2, 0) is 11.3 Å². The molecule has 3 aromatic rings. The lowest BCUT2D eigenvalue weighted by Gasteiger charge is -2.25. The first-order valence-corrected chi connectivity index (χ1v) is 7.90. The minimum absolute atomic E-state index is 0.166. The van der Waals surface area contributed by atoms with E-state index in [1.54, 1.807) is 35.4 Å². The molecule has 1 aromatic carbocycles. The highest BCUT2D eigenvalue weighted by atomic mass is 16.6. The highest BCUT2D eigenvalue weighted by Crippen LogP contribution is 2.31. The number of nitrogens with zero attached hydrogens (tertiary/aromatic N) is 3. The standard InChI is InChI=1S/C18H16N4O3/c23-18(16-12-24-14-5-1-2-6-15(14)25-16)21-17-7-9-20-22(17)11-13-4-3-8-19-10-13/h1-10,16H,11-12H2,(H,21,23). The van der Waals surface area contributed by atoms with Gasteiger partial charge in [0.25, 0.3) is 5.91 Å². The van der Waals surface area contributed by atoms with Crippen LogP contribution in [0.5, 0.6) is 11.5 Å². The van der Waals surface area contributed by atoms with Gasteiger partial charge in [0.05, 0.1) is 12.7 Å². The van der Waals surface area contributed by atoms with E-state index in [1.807, 2.05) is 30.3 Å². The van der Waals surface area contributed by atoms with Crippen molar-refractivity contribution in [3.8, 4) is 11.5 Å². The van der Waals surface area contributed by atoms with Gasteiger partial charge < -0.3 is 14.8 Å². The summed E-state index contributed by atoms with van der Waals surface area (Å²) in [6.45, 7) is 0.681. The number of benzene rings is 1. The zero-order valence-corrected chi connectivity index (χ0v) is 13.3. The predicted octanol–water partition coefficient (Wildman–Crippen LogP) is 2.10. The van der Waals surface area contributed by atoms with E-state index in [4.69, 9.17) is 9.47 Å². The summed E-state index contributed by atoms with van der Waals surface area (Å²) in [5.74, 6) is 1.53. The molecular formula is C18H16N4O3. The fourth-order valence-corrected chi connectivity index (χ4v) is 2.58. The molecule has 1 amide bonds. The Hall–Kier alpha value is -3.35. The Kier molecular flexibility index (Phi) is 4.04. The van der Waals surface area contributed by atoms with Crippen LogP contribution in [0, 0.1) is 0 Å². The number of para-hydroxylation sites is 2. The molecule has 7 heteroatoms. The highest BCUT2D eigenvalue weighted by Gasteiger charge is 2.27. The summed E-state index contributed by atoms with van der Waals surface area (Å²) in [5.41, 5.74) is 0.993. The molecule has 25 heavy (non-hydrogen) atoms. The van der Waals surface area contributed by atoms with Crippen molar-refractivity contribution in [1.82, 2.24) is 14.8 Å². The number of fused-ring (bicyclic) bond motifs is 1. The van der Waals surface area contributed by atoms with Crippen molar-refractivity contribution in [1.29, 1.82) is 0 Å². The topological polar surface area (TPSA) is 78.3 Å². The smallest absolute Gasteiger partial charge is 0.270 e. The van der Waals surface area contributed by atoms with Crippen molar-refractivity contribution < 1.29 is 14.3 Å². The van der Waals surface area contributed by atoms with Gasteiger partial charge in [0.15, 0.2) is 11.5 Å². The van der Waals surface area contributed by atoms with Crippen molar-refractivity contribution in [2.24, 2.45) is 0 Å². The van der Waals surface area contributed by atoms with E-state index in [2.05, 4.69) is 15.4 Å². The minimum Gasteiger partial charge on any atom is -0.485 e. The first kappa shape index (κ1) is 15.2. The van der Waals surface area contributed by atoms with Crippen LogP contribution in [0.25, 0.3) is 0 Å². The van der Waals surface area contributed by atoms with Crippen LogP contribution in [-0.4, -0.2) is 33.4 Å². The minimum atomic E-state index is -0.711. The van der Waals surface area contributed by atoms with Crippen LogP contribution in [0.15, 0.2) is 61.1 Å². The van der Waals surface area contributed by atoms with Crippen LogP contribution in [0.3, 0.4) is 0 Å². The number of aromatic nitrogens is 3. The zero-order chi connectivity index (χ0) is 17.1. The molecule has 1 N–H and O–H groups in total. The van der Waals surface area contributed by atoms with Gasteiger partial charge in [-0.15, -0.1) is 0 Å². The first-order chi connectivity index (χ1) is 12.3. The van der Waals surface area contributed by atoms with Crippen LogP contribution in [0.1, 0.15) is 5.56 Å². The summed E-state index contributed by atoms with van der Waals surface area (Å²) in [6, 6.07) is 12.8. The van der Waals surface area contributed by atoms with Crippen molar-refractivity contribution in [2.45, 2.75) is 12.6 Å². The second-order valence-electron chi connectivity index (χ2n) is 5.59. The van der Waals surface area contributed by atoms with E-state index >= 15 is 0 Å². The maximum absolute atomic E-state index is 12.5. The van der Waals surface area contributed by atoms with Gasteiger partial charge in [0, 0.05) is 18.5 Å². The number of ether oxygens (including phenoxy) is 2. The number of hydrogen-bond acceptors (Lipinski definition) is 5. The lowest BCUT2D eigenvalue weighted by molar-refractivity contribution is -0.125. The summed E-state index contributed by atoms with van der Waals surface area (Å²) >= 11 is 0. The zero-order valence-electron chi connectivity index (χ0n) is 13.3. The van der Waals surface area contributed by atoms with E-state index in [-0.39, 0.29) is 12.5 Å². The second kappa shape index (κ2) is 6.64. The molecule has 1 atom stereocenters. The van der Waals surface area contributed by atoms with Crippen LogP contribution in [0.2, 0.25) is 0 Å². The maximum Gasteiger partial charge on any atom is 0.270 e. The molecule has 0 spiro atoms. The Labute approximate surface area is 144 Å². The summed E-state index contributed by atoms with van der Waals surface area (Å²) in [5, 5.41) is 7.10. The van der Waals surface area contributed by atoms with E-state index in [0.717, 1.165) is 5.56 Å². The molecule has 0 fully saturated rings.